The number of amides is 1. The molecule has 7 heteroatoms. The highest BCUT2D eigenvalue weighted by molar-refractivity contribution is 7.89. The van der Waals surface area contributed by atoms with Crippen molar-refractivity contribution in [2.24, 2.45) is 5.14 Å². The van der Waals surface area contributed by atoms with Gasteiger partial charge >= 0.3 is 6.09 Å². The van der Waals surface area contributed by atoms with Crippen LogP contribution in [-0.2, 0) is 14.8 Å². The molecule has 0 radical (unpaired) electrons. The van der Waals surface area contributed by atoms with Gasteiger partial charge in [-0.1, -0.05) is 0 Å². The van der Waals surface area contributed by atoms with Gasteiger partial charge < -0.3 is 10.1 Å². The Labute approximate surface area is 95.6 Å². The Morgan fingerprint density at radius 1 is 1.38 bits per heavy atom. The normalized spacial score (nSPS) is 25.8. The van der Waals surface area contributed by atoms with Crippen LogP contribution in [0.2, 0.25) is 0 Å². The van der Waals surface area contributed by atoms with Crippen molar-refractivity contribution in [3.8, 4) is 0 Å². The van der Waals surface area contributed by atoms with Crippen molar-refractivity contribution in [1.82, 2.24) is 5.32 Å². The van der Waals surface area contributed by atoms with Crippen LogP contribution in [0.1, 0.15) is 33.6 Å². The molecule has 1 saturated carbocycles. The van der Waals surface area contributed by atoms with Gasteiger partial charge in [-0.05, 0) is 33.6 Å². The predicted octanol–water partition coefficient (Wildman–Crippen LogP) is 0.331. The molecule has 0 atom stereocenters. The summed E-state index contributed by atoms with van der Waals surface area (Å²) in [6.07, 6.45) is 0.196. The molecule has 1 aliphatic carbocycles. The third-order valence-corrected chi connectivity index (χ3v) is 3.59. The molecule has 1 aliphatic rings. The minimum atomic E-state index is -3.46. The topological polar surface area (TPSA) is 98.5 Å². The van der Waals surface area contributed by atoms with Gasteiger partial charge in [0, 0.05) is 6.04 Å². The summed E-state index contributed by atoms with van der Waals surface area (Å²) in [5.74, 6) is 0. The first-order valence-electron chi connectivity index (χ1n) is 5.09. The first-order valence-corrected chi connectivity index (χ1v) is 6.70. The van der Waals surface area contributed by atoms with Crippen LogP contribution in [0.25, 0.3) is 0 Å². The summed E-state index contributed by atoms with van der Waals surface area (Å²) in [6, 6.07) is -0.154. The van der Waals surface area contributed by atoms with E-state index in [2.05, 4.69) is 5.32 Å². The first kappa shape index (κ1) is 13.2. The van der Waals surface area contributed by atoms with Gasteiger partial charge in [-0.15, -0.1) is 0 Å². The lowest BCUT2D eigenvalue weighted by Gasteiger charge is -2.34. The number of sulfonamides is 1. The van der Waals surface area contributed by atoms with Gasteiger partial charge in [0.25, 0.3) is 0 Å². The number of nitrogens with two attached hydrogens (primary N) is 1. The first-order chi connectivity index (χ1) is 7.08. The molecule has 0 saturated heterocycles. The third-order valence-electron chi connectivity index (χ3n) is 2.28. The van der Waals surface area contributed by atoms with Gasteiger partial charge in [-0.2, -0.15) is 0 Å². The fourth-order valence-corrected chi connectivity index (χ4v) is 2.43. The fourth-order valence-electron chi connectivity index (χ4n) is 1.43. The van der Waals surface area contributed by atoms with Crippen LogP contribution in [0.4, 0.5) is 4.79 Å². The molecule has 94 valence electrons. The average Bonchev–Trinajstić information content (AvgIpc) is 1.89. The molecule has 16 heavy (non-hydrogen) atoms. The maximum absolute atomic E-state index is 11.3. The Hall–Kier alpha value is -0.820. The lowest BCUT2D eigenvalue weighted by atomic mass is 9.92. The smallest absolute Gasteiger partial charge is 0.407 e. The van der Waals surface area contributed by atoms with E-state index in [1.54, 1.807) is 20.8 Å². The van der Waals surface area contributed by atoms with Crippen molar-refractivity contribution in [2.45, 2.75) is 50.5 Å². The van der Waals surface area contributed by atoms with Crippen LogP contribution in [0.5, 0.6) is 0 Å². The van der Waals surface area contributed by atoms with E-state index in [1.165, 1.54) is 0 Å². The number of carbonyl (C=O) groups excluding carboxylic acids is 1. The summed E-state index contributed by atoms with van der Waals surface area (Å²) in [6.45, 7) is 5.29. The standard InChI is InChI=1S/C9H18N2O4S/c1-9(2,3)15-8(12)11-6-4-7(5-6)16(10,13)14/h6-7H,4-5H2,1-3H3,(H,11,12)(H2,10,13,14). The highest BCUT2D eigenvalue weighted by Crippen LogP contribution is 2.25. The van der Waals surface area contributed by atoms with E-state index in [9.17, 15) is 13.2 Å². The van der Waals surface area contributed by atoms with Crippen molar-refractivity contribution in [3.63, 3.8) is 0 Å². The molecule has 0 aliphatic heterocycles. The zero-order valence-corrected chi connectivity index (χ0v) is 10.5. The quantitative estimate of drug-likeness (QED) is 0.737. The van der Waals surface area contributed by atoms with E-state index in [0.717, 1.165) is 0 Å². The molecular formula is C9H18N2O4S. The van der Waals surface area contributed by atoms with E-state index < -0.39 is 27.0 Å². The number of hydrogen-bond donors (Lipinski definition) is 2. The Morgan fingerprint density at radius 3 is 2.25 bits per heavy atom. The molecule has 0 aromatic heterocycles. The van der Waals surface area contributed by atoms with Crippen LogP contribution < -0.4 is 10.5 Å². The zero-order valence-electron chi connectivity index (χ0n) is 9.69. The van der Waals surface area contributed by atoms with E-state index in [0.29, 0.717) is 12.8 Å². The largest absolute Gasteiger partial charge is 0.444 e. The molecule has 0 heterocycles. The number of ether oxygens (including phenoxy) is 1. The van der Waals surface area contributed by atoms with E-state index >= 15 is 0 Å². The van der Waals surface area contributed by atoms with Crippen LogP contribution in [0.3, 0.4) is 0 Å². The van der Waals surface area contributed by atoms with Crippen LogP contribution in [0.15, 0.2) is 0 Å². The van der Waals surface area contributed by atoms with E-state index in [-0.39, 0.29) is 6.04 Å². The summed E-state index contributed by atoms with van der Waals surface area (Å²) in [5.41, 5.74) is -0.548. The molecule has 3 N–H and O–H groups in total. The second kappa shape index (κ2) is 4.21. The number of alkyl carbamates (subject to hydrolysis) is 1. The van der Waals surface area contributed by atoms with Crippen molar-refractivity contribution in [2.75, 3.05) is 0 Å². The number of carbonyl (C=O) groups is 1. The summed E-state index contributed by atoms with van der Waals surface area (Å²) >= 11 is 0. The Kier molecular flexibility index (Phi) is 3.49. The number of primary sulfonamides is 1. The lowest BCUT2D eigenvalue weighted by Crippen LogP contribution is -2.52. The zero-order chi connectivity index (χ0) is 12.6. The van der Waals surface area contributed by atoms with Gasteiger partial charge in [-0.3, -0.25) is 0 Å². The molecule has 0 bridgehead atoms. The number of rotatable bonds is 2. The van der Waals surface area contributed by atoms with Crippen LogP contribution >= 0.6 is 0 Å². The van der Waals surface area contributed by atoms with Crippen molar-refractivity contribution in [3.05, 3.63) is 0 Å². The highest BCUT2D eigenvalue weighted by Gasteiger charge is 2.38. The van der Waals surface area contributed by atoms with Gasteiger partial charge in [0.1, 0.15) is 5.60 Å². The highest BCUT2D eigenvalue weighted by atomic mass is 32.2. The van der Waals surface area contributed by atoms with Crippen molar-refractivity contribution >= 4 is 16.1 Å². The molecule has 0 aromatic rings. The molecule has 1 rings (SSSR count). The summed E-state index contributed by atoms with van der Waals surface area (Å²) in [7, 11) is -3.46. The lowest BCUT2D eigenvalue weighted by molar-refractivity contribution is 0.0481. The molecular weight excluding hydrogens is 232 g/mol. The Bertz CT molecular complexity index is 365. The van der Waals surface area contributed by atoms with Crippen molar-refractivity contribution in [1.29, 1.82) is 0 Å². The number of nitrogens with one attached hydrogen (secondary N) is 1. The average molecular weight is 250 g/mol. The fraction of sp³-hybridized carbons (Fsp3) is 0.889. The number of hydrogen-bond acceptors (Lipinski definition) is 4. The summed E-state index contributed by atoms with van der Waals surface area (Å²) in [4.78, 5) is 11.3. The van der Waals surface area contributed by atoms with Crippen LogP contribution in [0, 0.1) is 0 Å². The molecule has 6 nitrogen and oxygen atoms in total. The van der Waals surface area contributed by atoms with E-state index in [4.69, 9.17) is 9.88 Å². The van der Waals surface area contributed by atoms with Crippen LogP contribution in [-0.4, -0.2) is 31.4 Å². The summed E-state index contributed by atoms with van der Waals surface area (Å²) in [5, 5.41) is 7.02. The molecule has 1 fully saturated rings. The molecule has 0 aromatic carbocycles. The second-order valence-electron chi connectivity index (χ2n) is 5.03. The van der Waals surface area contributed by atoms with E-state index in [1.807, 2.05) is 0 Å². The second-order valence-corrected chi connectivity index (χ2v) is 6.87. The maximum atomic E-state index is 11.3. The minimum Gasteiger partial charge on any atom is -0.444 e. The minimum absolute atomic E-state index is 0.154. The van der Waals surface area contributed by atoms with Gasteiger partial charge in [0.15, 0.2) is 0 Å². The predicted molar refractivity (Wildman–Crippen MR) is 59.3 cm³/mol. The van der Waals surface area contributed by atoms with Gasteiger partial charge in [0.05, 0.1) is 5.25 Å². The van der Waals surface area contributed by atoms with Gasteiger partial charge in [0.2, 0.25) is 10.0 Å². The molecule has 0 spiro atoms. The Morgan fingerprint density at radius 2 is 1.88 bits per heavy atom. The summed E-state index contributed by atoms with van der Waals surface area (Å²) < 4.78 is 26.8. The molecule has 1 amide bonds. The SMILES string of the molecule is CC(C)(C)OC(=O)NC1CC(S(N)(=O)=O)C1. The maximum Gasteiger partial charge on any atom is 0.407 e. The van der Waals surface area contributed by atoms with Crippen molar-refractivity contribution < 1.29 is 17.9 Å². The third kappa shape index (κ3) is 3.97. The monoisotopic (exact) mass is 250 g/mol. The van der Waals surface area contributed by atoms with Gasteiger partial charge in [-0.25, -0.2) is 18.4 Å². The Balaban J connectivity index is 2.31. The molecule has 0 unspecified atom stereocenters.